The highest BCUT2D eigenvalue weighted by Gasteiger charge is 2.17. The van der Waals surface area contributed by atoms with Crippen LogP contribution in [0.25, 0.3) is 27.7 Å². The molecule has 36 heavy (non-hydrogen) atoms. The lowest BCUT2D eigenvalue weighted by Crippen LogP contribution is -2.23. The predicted octanol–water partition coefficient (Wildman–Crippen LogP) is 4.11. The van der Waals surface area contributed by atoms with Crippen LogP contribution in [-0.4, -0.2) is 29.7 Å². The zero-order valence-electron chi connectivity index (χ0n) is 19.4. The molecule has 0 spiro atoms. The molecule has 0 aliphatic rings. The van der Waals surface area contributed by atoms with E-state index in [1.165, 1.54) is 9.36 Å². The van der Waals surface area contributed by atoms with Crippen LogP contribution in [0.1, 0.15) is 23.6 Å². The lowest BCUT2D eigenvalue weighted by atomic mass is 10.1. The van der Waals surface area contributed by atoms with E-state index in [4.69, 9.17) is 0 Å². The minimum absolute atomic E-state index is 0.296. The Morgan fingerprint density at radius 2 is 2.00 bits per heavy atom. The number of anilines is 2. The van der Waals surface area contributed by atoms with Gasteiger partial charge >= 0.3 is 0 Å². The molecule has 0 unspecified atom stereocenters. The molecule has 2 N–H and O–H groups in total. The van der Waals surface area contributed by atoms with Gasteiger partial charge in [-0.3, -0.25) is 4.79 Å². The van der Waals surface area contributed by atoms with Gasteiger partial charge in [0, 0.05) is 17.1 Å². The molecule has 0 amide bonds. The Bertz CT molecular complexity index is 1710. The number of aliphatic hydroxyl groups excluding tert-OH is 1. The van der Waals surface area contributed by atoms with Gasteiger partial charge in [-0.1, -0.05) is 30.4 Å². The van der Waals surface area contributed by atoms with Crippen LogP contribution in [-0.2, 0) is 6.61 Å². The second kappa shape index (κ2) is 9.29. The molecule has 0 saturated carbocycles. The summed E-state index contributed by atoms with van der Waals surface area (Å²) in [5, 5.41) is 33.1. The van der Waals surface area contributed by atoms with Crippen molar-refractivity contribution in [3.05, 3.63) is 107 Å². The standard InChI is InChI=1S/C27H21N7O2/c1-17(2)18-9-10-21-19(12-18)14-30-34(27(21)36)24-7-5-6-23(22(24)16-35)33-15-20(13-28)26(32-33)31-25-8-3-4-11-29-25/h3-12,14-15,35H,1,16H2,2H3,(H,29,31,32). The second-order valence-electron chi connectivity index (χ2n) is 8.16. The molecule has 3 heterocycles. The van der Waals surface area contributed by atoms with Crippen molar-refractivity contribution in [1.82, 2.24) is 24.5 Å². The Balaban J connectivity index is 1.61. The molecule has 0 bridgehead atoms. The molecule has 5 rings (SSSR count). The van der Waals surface area contributed by atoms with Gasteiger partial charge in [0.15, 0.2) is 5.82 Å². The van der Waals surface area contributed by atoms with E-state index in [2.05, 4.69) is 33.1 Å². The predicted molar refractivity (Wildman–Crippen MR) is 137 cm³/mol. The van der Waals surface area contributed by atoms with Gasteiger partial charge in [0.25, 0.3) is 5.56 Å². The lowest BCUT2D eigenvalue weighted by Gasteiger charge is -2.14. The molecule has 5 aromatic rings. The molecule has 0 aliphatic carbocycles. The summed E-state index contributed by atoms with van der Waals surface area (Å²) in [7, 11) is 0. The molecule has 2 aromatic carbocycles. The fourth-order valence-corrected chi connectivity index (χ4v) is 3.96. The summed E-state index contributed by atoms with van der Waals surface area (Å²) in [6.45, 7) is 5.47. The van der Waals surface area contributed by atoms with E-state index < -0.39 is 0 Å². The van der Waals surface area contributed by atoms with Gasteiger partial charge in [0.1, 0.15) is 17.5 Å². The van der Waals surface area contributed by atoms with Gasteiger partial charge in [-0.25, -0.2) is 9.67 Å². The molecule has 0 radical (unpaired) electrons. The smallest absolute Gasteiger partial charge is 0.279 e. The van der Waals surface area contributed by atoms with E-state index in [0.717, 1.165) is 11.1 Å². The Kier molecular flexibility index (Phi) is 5.86. The number of fused-ring (bicyclic) bond motifs is 1. The SMILES string of the molecule is C=C(C)c1ccc2c(=O)n(-c3cccc(-n4cc(C#N)c(Nc5ccccn5)n4)c3CO)ncc2c1. The zero-order chi connectivity index (χ0) is 25.2. The van der Waals surface area contributed by atoms with Crippen molar-refractivity contribution in [3.63, 3.8) is 0 Å². The van der Waals surface area contributed by atoms with E-state index in [1.54, 1.807) is 55.0 Å². The van der Waals surface area contributed by atoms with Gasteiger partial charge in [0.2, 0.25) is 0 Å². The highest BCUT2D eigenvalue weighted by Crippen LogP contribution is 2.25. The molecule has 9 nitrogen and oxygen atoms in total. The number of rotatable bonds is 6. The molecular weight excluding hydrogens is 454 g/mol. The van der Waals surface area contributed by atoms with Crippen LogP contribution in [0.15, 0.2) is 84.6 Å². The lowest BCUT2D eigenvalue weighted by molar-refractivity contribution is 0.280. The van der Waals surface area contributed by atoms with Crippen LogP contribution in [0.3, 0.4) is 0 Å². The fraction of sp³-hybridized carbons (Fsp3) is 0.0741. The summed E-state index contributed by atoms with van der Waals surface area (Å²) in [6.07, 6.45) is 4.80. The quantitative estimate of drug-likeness (QED) is 0.379. The summed E-state index contributed by atoms with van der Waals surface area (Å²) >= 11 is 0. The van der Waals surface area contributed by atoms with Gasteiger partial charge < -0.3 is 10.4 Å². The Morgan fingerprint density at radius 3 is 2.72 bits per heavy atom. The number of hydrogen-bond donors (Lipinski definition) is 2. The van der Waals surface area contributed by atoms with E-state index in [1.807, 2.05) is 25.1 Å². The number of nitrogens with zero attached hydrogens (tertiary/aromatic N) is 6. The summed E-state index contributed by atoms with van der Waals surface area (Å²) in [5.74, 6) is 0.858. The van der Waals surface area contributed by atoms with Crippen LogP contribution in [0.5, 0.6) is 0 Å². The molecule has 0 aliphatic heterocycles. The van der Waals surface area contributed by atoms with Crippen LogP contribution >= 0.6 is 0 Å². The van der Waals surface area contributed by atoms with Crippen molar-refractivity contribution < 1.29 is 5.11 Å². The number of hydrogen-bond acceptors (Lipinski definition) is 7. The van der Waals surface area contributed by atoms with Crippen molar-refractivity contribution in [2.75, 3.05) is 5.32 Å². The van der Waals surface area contributed by atoms with Crippen LogP contribution in [0.4, 0.5) is 11.6 Å². The molecule has 9 heteroatoms. The van der Waals surface area contributed by atoms with Crippen molar-refractivity contribution in [2.45, 2.75) is 13.5 Å². The third-order valence-electron chi connectivity index (χ3n) is 5.79. The molecule has 0 saturated heterocycles. The van der Waals surface area contributed by atoms with Gasteiger partial charge in [-0.2, -0.15) is 15.0 Å². The molecule has 176 valence electrons. The number of aliphatic hydroxyl groups is 1. The van der Waals surface area contributed by atoms with Crippen molar-refractivity contribution in [1.29, 1.82) is 5.26 Å². The van der Waals surface area contributed by atoms with Crippen molar-refractivity contribution >= 4 is 28.0 Å². The summed E-state index contributed by atoms with van der Waals surface area (Å²) in [4.78, 5) is 17.6. The van der Waals surface area contributed by atoms with E-state index in [9.17, 15) is 15.2 Å². The van der Waals surface area contributed by atoms with Crippen molar-refractivity contribution in [2.24, 2.45) is 0 Å². The number of nitriles is 1. The van der Waals surface area contributed by atoms with Crippen LogP contribution in [0.2, 0.25) is 0 Å². The summed E-state index contributed by atoms with van der Waals surface area (Å²) in [5.41, 5.74) is 3.16. The van der Waals surface area contributed by atoms with Crippen molar-refractivity contribution in [3.8, 4) is 17.4 Å². The summed E-state index contributed by atoms with van der Waals surface area (Å²) in [6, 6.07) is 18.2. The number of allylic oxidation sites excluding steroid dienone is 1. The average Bonchev–Trinajstić information content (AvgIpc) is 3.31. The van der Waals surface area contributed by atoms with E-state index in [0.29, 0.717) is 44.9 Å². The third kappa shape index (κ3) is 4.02. The first-order chi connectivity index (χ1) is 17.5. The number of benzene rings is 2. The molecule has 0 atom stereocenters. The topological polar surface area (TPSA) is 122 Å². The highest BCUT2D eigenvalue weighted by molar-refractivity contribution is 5.84. The number of pyridine rings is 1. The maximum Gasteiger partial charge on any atom is 0.279 e. The second-order valence-corrected chi connectivity index (χ2v) is 8.16. The maximum atomic E-state index is 13.3. The first-order valence-electron chi connectivity index (χ1n) is 11.1. The largest absolute Gasteiger partial charge is 0.392 e. The third-order valence-corrected chi connectivity index (χ3v) is 5.79. The minimum Gasteiger partial charge on any atom is -0.392 e. The minimum atomic E-state index is -0.378. The van der Waals surface area contributed by atoms with Gasteiger partial charge in [-0.05, 0) is 48.9 Å². The number of aromatic nitrogens is 5. The molecular formula is C27H21N7O2. The fourth-order valence-electron chi connectivity index (χ4n) is 3.96. The highest BCUT2D eigenvalue weighted by atomic mass is 16.3. The summed E-state index contributed by atoms with van der Waals surface area (Å²) < 4.78 is 2.75. The van der Waals surface area contributed by atoms with E-state index in [-0.39, 0.29) is 12.2 Å². The van der Waals surface area contributed by atoms with Gasteiger partial charge in [-0.15, -0.1) is 5.10 Å². The number of nitrogens with one attached hydrogen (secondary N) is 1. The molecule has 0 fully saturated rings. The Labute approximate surface area is 206 Å². The Morgan fingerprint density at radius 1 is 1.17 bits per heavy atom. The van der Waals surface area contributed by atoms with Gasteiger partial charge in [0.05, 0.1) is 35.8 Å². The van der Waals surface area contributed by atoms with E-state index >= 15 is 0 Å². The first-order valence-corrected chi connectivity index (χ1v) is 11.1. The van der Waals surface area contributed by atoms with Crippen LogP contribution in [0, 0.1) is 11.3 Å². The maximum absolute atomic E-state index is 13.3. The monoisotopic (exact) mass is 475 g/mol. The zero-order valence-corrected chi connectivity index (χ0v) is 19.4. The molecule has 3 aromatic heterocycles. The Hall–Kier alpha value is -5.07. The normalized spacial score (nSPS) is 10.8. The first kappa shape index (κ1) is 22.7. The average molecular weight is 476 g/mol. The van der Waals surface area contributed by atoms with Crippen LogP contribution < -0.4 is 10.9 Å².